The van der Waals surface area contributed by atoms with Crippen LogP contribution in [0.4, 0.5) is 0 Å². The summed E-state index contributed by atoms with van der Waals surface area (Å²) in [5, 5.41) is 5.64. The summed E-state index contributed by atoms with van der Waals surface area (Å²) >= 11 is 12.5. The number of aromatic nitrogens is 3. The molecule has 2 aromatic carbocycles. The van der Waals surface area contributed by atoms with E-state index >= 15 is 0 Å². The second-order valence-corrected chi connectivity index (χ2v) is 7.14. The Kier molecular flexibility index (Phi) is 4.64. The van der Waals surface area contributed by atoms with Crippen molar-refractivity contribution < 1.29 is 4.74 Å². The van der Waals surface area contributed by atoms with Gasteiger partial charge in [-0.25, -0.2) is 4.98 Å². The zero-order valence-corrected chi connectivity index (χ0v) is 15.0. The minimum absolute atomic E-state index is 0.346. The molecule has 0 radical (unpaired) electrons. The zero-order valence-electron chi connectivity index (χ0n) is 13.5. The van der Waals surface area contributed by atoms with Crippen LogP contribution in [0.25, 0.3) is 0 Å². The molecule has 128 valence electrons. The molecular formula is C19H17Cl2N3O. The van der Waals surface area contributed by atoms with Gasteiger partial charge in [0, 0.05) is 22.5 Å². The van der Waals surface area contributed by atoms with Gasteiger partial charge in [0.15, 0.2) is 0 Å². The van der Waals surface area contributed by atoms with E-state index in [1.165, 1.54) is 12.8 Å². The number of hydrogen-bond donors (Lipinski definition) is 0. The van der Waals surface area contributed by atoms with Gasteiger partial charge in [-0.3, -0.25) is 4.68 Å². The first kappa shape index (κ1) is 16.4. The summed E-state index contributed by atoms with van der Waals surface area (Å²) in [6, 6.07) is 13.2. The minimum atomic E-state index is 0.346. The highest BCUT2D eigenvalue weighted by molar-refractivity contribution is 6.31. The first-order valence-corrected chi connectivity index (χ1v) is 9.00. The molecule has 1 fully saturated rings. The standard InChI is InChI=1S/C19H17Cl2N3O/c20-14-3-5-15(6-4-14)25-16-7-8-17(19(21)9-16)18(13-1-2-13)10-24-12-22-11-23-24/h3-9,11-13,18H,1-2,10H2. The van der Waals surface area contributed by atoms with E-state index in [9.17, 15) is 0 Å². The van der Waals surface area contributed by atoms with Crippen molar-refractivity contribution in [2.24, 2.45) is 5.92 Å². The fourth-order valence-corrected chi connectivity index (χ4v) is 3.48. The summed E-state index contributed by atoms with van der Waals surface area (Å²) in [4.78, 5) is 4.03. The van der Waals surface area contributed by atoms with Gasteiger partial charge >= 0.3 is 0 Å². The third-order valence-corrected chi connectivity index (χ3v) is 5.04. The van der Waals surface area contributed by atoms with Gasteiger partial charge in [-0.05, 0) is 60.7 Å². The van der Waals surface area contributed by atoms with E-state index < -0.39 is 0 Å². The fraction of sp³-hybridized carbons (Fsp3) is 0.263. The molecule has 25 heavy (non-hydrogen) atoms. The van der Waals surface area contributed by atoms with Crippen molar-refractivity contribution >= 4 is 23.2 Å². The topological polar surface area (TPSA) is 39.9 Å². The molecule has 0 spiro atoms. The van der Waals surface area contributed by atoms with Gasteiger partial charge in [-0.2, -0.15) is 5.10 Å². The predicted octanol–water partition coefficient (Wildman–Crippen LogP) is 5.57. The highest BCUT2D eigenvalue weighted by Gasteiger charge is 2.34. The normalized spacial score (nSPS) is 15.1. The van der Waals surface area contributed by atoms with Crippen molar-refractivity contribution in [1.82, 2.24) is 14.8 Å². The molecule has 0 saturated heterocycles. The maximum Gasteiger partial charge on any atom is 0.137 e. The molecule has 0 N–H and O–H groups in total. The highest BCUT2D eigenvalue weighted by Crippen LogP contribution is 2.46. The lowest BCUT2D eigenvalue weighted by Gasteiger charge is -2.19. The lowest BCUT2D eigenvalue weighted by atomic mass is 9.94. The predicted molar refractivity (Wildman–Crippen MR) is 98.5 cm³/mol. The monoisotopic (exact) mass is 373 g/mol. The first-order chi connectivity index (χ1) is 12.2. The molecule has 1 saturated carbocycles. The highest BCUT2D eigenvalue weighted by atomic mass is 35.5. The molecule has 1 atom stereocenters. The van der Waals surface area contributed by atoms with E-state index in [1.54, 1.807) is 24.8 Å². The molecule has 3 aromatic rings. The number of nitrogens with zero attached hydrogens (tertiary/aromatic N) is 3. The van der Waals surface area contributed by atoms with Gasteiger partial charge < -0.3 is 4.74 Å². The Balaban J connectivity index is 1.54. The fourth-order valence-electron chi connectivity index (χ4n) is 3.04. The smallest absolute Gasteiger partial charge is 0.137 e. The summed E-state index contributed by atoms with van der Waals surface area (Å²) in [7, 11) is 0. The maximum atomic E-state index is 6.58. The molecule has 1 aromatic heterocycles. The SMILES string of the molecule is Clc1ccc(Oc2ccc(C(Cn3cncn3)C3CC3)c(Cl)c2)cc1. The maximum absolute atomic E-state index is 6.58. The van der Waals surface area contributed by atoms with Gasteiger partial charge in [0.1, 0.15) is 24.2 Å². The molecule has 0 amide bonds. The van der Waals surface area contributed by atoms with Gasteiger partial charge in [-0.1, -0.05) is 29.3 Å². The Morgan fingerprint density at radius 3 is 2.48 bits per heavy atom. The third kappa shape index (κ3) is 3.97. The van der Waals surface area contributed by atoms with E-state index in [-0.39, 0.29) is 0 Å². The van der Waals surface area contributed by atoms with E-state index in [1.807, 2.05) is 28.9 Å². The Bertz CT molecular complexity index is 846. The molecule has 1 aliphatic rings. The van der Waals surface area contributed by atoms with E-state index in [4.69, 9.17) is 27.9 Å². The summed E-state index contributed by atoms with van der Waals surface area (Å²) in [5.41, 5.74) is 1.14. The Morgan fingerprint density at radius 2 is 1.84 bits per heavy atom. The van der Waals surface area contributed by atoms with E-state index in [0.29, 0.717) is 22.6 Å². The molecule has 4 rings (SSSR count). The van der Waals surface area contributed by atoms with Crippen LogP contribution in [0.2, 0.25) is 10.0 Å². The second-order valence-electron chi connectivity index (χ2n) is 6.30. The summed E-state index contributed by atoms with van der Waals surface area (Å²) < 4.78 is 7.73. The van der Waals surface area contributed by atoms with Gasteiger partial charge in [0.2, 0.25) is 0 Å². The average molecular weight is 374 g/mol. The molecule has 1 unspecified atom stereocenters. The molecule has 0 bridgehead atoms. The molecule has 6 heteroatoms. The molecule has 4 nitrogen and oxygen atoms in total. The summed E-state index contributed by atoms with van der Waals surface area (Å²) in [6.07, 6.45) is 5.79. The average Bonchev–Trinajstić information content (AvgIpc) is 3.32. The second kappa shape index (κ2) is 7.06. The van der Waals surface area contributed by atoms with Gasteiger partial charge in [0.25, 0.3) is 0 Å². The summed E-state index contributed by atoms with van der Waals surface area (Å²) in [6.45, 7) is 0.793. The minimum Gasteiger partial charge on any atom is -0.457 e. The number of hydrogen-bond acceptors (Lipinski definition) is 3. The molecular weight excluding hydrogens is 357 g/mol. The van der Waals surface area contributed by atoms with Crippen LogP contribution in [-0.2, 0) is 6.54 Å². The van der Waals surface area contributed by atoms with Gasteiger partial charge in [-0.15, -0.1) is 0 Å². The first-order valence-electron chi connectivity index (χ1n) is 8.24. The van der Waals surface area contributed by atoms with E-state index in [2.05, 4.69) is 16.1 Å². The van der Waals surface area contributed by atoms with Crippen molar-refractivity contribution in [2.75, 3.05) is 0 Å². The lowest BCUT2D eigenvalue weighted by molar-refractivity contribution is 0.468. The van der Waals surface area contributed by atoms with Gasteiger partial charge in [0.05, 0.1) is 0 Å². The van der Waals surface area contributed by atoms with Crippen LogP contribution in [0.3, 0.4) is 0 Å². The molecule has 0 aliphatic heterocycles. The largest absolute Gasteiger partial charge is 0.457 e. The van der Waals surface area contributed by atoms with Crippen LogP contribution in [0.1, 0.15) is 24.3 Å². The van der Waals surface area contributed by atoms with Crippen molar-refractivity contribution in [3.8, 4) is 11.5 Å². The van der Waals surface area contributed by atoms with Crippen LogP contribution in [0.5, 0.6) is 11.5 Å². The quantitative estimate of drug-likeness (QED) is 0.566. The number of ether oxygens (including phenoxy) is 1. The molecule has 1 aliphatic carbocycles. The zero-order chi connectivity index (χ0) is 17.2. The van der Waals surface area contributed by atoms with Crippen LogP contribution < -0.4 is 4.74 Å². The van der Waals surface area contributed by atoms with Crippen LogP contribution >= 0.6 is 23.2 Å². The van der Waals surface area contributed by atoms with Crippen LogP contribution in [-0.4, -0.2) is 14.8 Å². The lowest BCUT2D eigenvalue weighted by Crippen LogP contribution is -2.12. The van der Waals surface area contributed by atoms with E-state index in [0.717, 1.165) is 22.9 Å². The van der Waals surface area contributed by atoms with Crippen molar-refractivity contribution in [1.29, 1.82) is 0 Å². The number of benzene rings is 2. The number of halogens is 2. The van der Waals surface area contributed by atoms with Crippen molar-refractivity contribution in [3.63, 3.8) is 0 Å². The van der Waals surface area contributed by atoms with Crippen LogP contribution in [0, 0.1) is 5.92 Å². The number of rotatable bonds is 6. The van der Waals surface area contributed by atoms with Crippen LogP contribution in [0.15, 0.2) is 55.1 Å². The summed E-state index contributed by atoms with van der Waals surface area (Å²) in [5.74, 6) is 2.45. The Labute approximate surface area is 156 Å². The Hall–Kier alpha value is -2.04. The molecule has 1 heterocycles. The Morgan fingerprint density at radius 1 is 1.08 bits per heavy atom. The van der Waals surface area contributed by atoms with Crippen molar-refractivity contribution in [2.45, 2.75) is 25.3 Å². The van der Waals surface area contributed by atoms with Crippen molar-refractivity contribution in [3.05, 3.63) is 70.7 Å². The third-order valence-electron chi connectivity index (χ3n) is 4.46.